The number of para-hydroxylation sites is 1. The van der Waals surface area contributed by atoms with Gasteiger partial charge in [-0.05, 0) is 48.2 Å². The predicted octanol–water partition coefficient (Wildman–Crippen LogP) is 4.78. The van der Waals surface area contributed by atoms with Crippen molar-refractivity contribution in [2.45, 2.75) is 26.7 Å². The number of benzene rings is 2. The molecule has 6 nitrogen and oxygen atoms in total. The molecule has 0 unspecified atom stereocenters. The Balaban J connectivity index is 1.83. The number of nitriles is 1. The monoisotopic (exact) mass is 371 g/mol. The quantitative estimate of drug-likeness (QED) is 0.674. The number of aryl methyl sites for hydroxylation is 1. The zero-order valence-corrected chi connectivity index (χ0v) is 16.0. The number of aromatic nitrogens is 2. The van der Waals surface area contributed by atoms with Crippen molar-refractivity contribution in [3.63, 3.8) is 0 Å². The maximum atomic E-state index is 12.8. The van der Waals surface area contributed by atoms with Crippen LogP contribution in [0.4, 0.5) is 17.3 Å². The fourth-order valence-corrected chi connectivity index (χ4v) is 2.86. The van der Waals surface area contributed by atoms with Gasteiger partial charge in [0, 0.05) is 17.6 Å². The van der Waals surface area contributed by atoms with Crippen LogP contribution in [-0.4, -0.2) is 15.9 Å². The van der Waals surface area contributed by atoms with Crippen LogP contribution in [0.25, 0.3) is 0 Å². The number of hydrogen-bond donors (Lipinski definition) is 2. The third-order valence-electron chi connectivity index (χ3n) is 4.30. The Labute approximate surface area is 164 Å². The summed E-state index contributed by atoms with van der Waals surface area (Å²) in [7, 11) is 0. The fourth-order valence-electron chi connectivity index (χ4n) is 2.86. The highest BCUT2D eigenvalue weighted by Crippen LogP contribution is 2.27. The molecule has 28 heavy (non-hydrogen) atoms. The summed E-state index contributed by atoms with van der Waals surface area (Å²) >= 11 is 0. The summed E-state index contributed by atoms with van der Waals surface area (Å²) in [6, 6.07) is 16.6. The van der Waals surface area contributed by atoms with E-state index in [1.54, 1.807) is 30.3 Å². The molecule has 0 spiro atoms. The molecule has 0 aliphatic rings. The Morgan fingerprint density at radius 3 is 2.68 bits per heavy atom. The number of carbonyl (C=O) groups excluding carboxylic acids is 1. The summed E-state index contributed by atoms with van der Waals surface area (Å²) in [6.07, 6.45) is 1.53. The van der Waals surface area contributed by atoms with Crippen LogP contribution >= 0.6 is 0 Å². The third-order valence-corrected chi connectivity index (χ3v) is 4.30. The van der Waals surface area contributed by atoms with Crippen molar-refractivity contribution in [1.82, 2.24) is 9.97 Å². The molecule has 1 heterocycles. The lowest BCUT2D eigenvalue weighted by Gasteiger charge is -2.16. The summed E-state index contributed by atoms with van der Waals surface area (Å²) in [4.78, 5) is 21.2. The average molecular weight is 371 g/mol. The lowest BCUT2D eigenvalue weighted by molar-refractivity contribution is 0.102. The first kappa shape index (κ1) is 19.1. The van der Waals surface area contributed by atoms with Crippen molar-refractivity contribution in [1.29, 1.82) is 5.26 Å². The number of nitrogens with one attached hydrogen (secondary N) is 2. The second kappa shape index (κ2) is 8.31. The van der Waals surface area contributed by atoms with Gasteiger partial charge in [-0.3, -0.25) is 4.79 Å². The van der Waals surface area contributed by atoms with Crippen LogP contribution in [0.1, 0.15) is 46.9 Å². The van der Waals surface area contributed by atoms with Gasteiger partial charge in [0.25, 0.3) is 5.91 Å². The predicted molar refractivity (Wildman–Crippen MR) is 110 cm³/mol. The molecule has 140 valence electrons. The molecule has 3 aromatic rings. The van der Waals surface area contributed by atoms with Gasteiger partial charge in [0.05, 0.1) is 11.6 Å². The first-order chi connectivity index (χ1) is 13.5. The van der Waals surface area contributed by atoms with Gasteiger partial charge < -0.3 is 10.6 Å². The van der Waals surface area contributed by atoms with E-state index in [0.717, 1.165) is 16.8 Å². The molecule has 0 aliphatic heterocycles. The second-order valence-electron chi connectivity index (χ2n) is 6.73. The number of rotatable bonds is 5. The van der Waals surface area contributed by atoms with Gasteiger partial charge in [0.1, 0.15) is 5.69 Å². The number of nitrogens with zero attached hydrogens (tertiary/aromatic N) is 3. The summed E-state index contributed by atoms with van der Waals surface area (Å²) in [5.74, 6) is 0.272. The molecule has 0 bridgehead atoms. The first-order valence-electron chi connectivity index (χ1n) is 8.99. The number of hydrogen-bond acceptors (Lipinski definition) is 5. The van der Waals surface area contributed by atoms with Crippen molar-refractivity contribution in [3.8, 4) is 6.07 Å². The normalized spacial score (nSPS) is 10.4. The number of carbonyl (C=O) groups is 1. The molecular weight excluding hydrogens is 350 g/mol. The van der Waals surface area contributed by atoms with E-state index >= 15 is 0 Å². The average Bonchev–Trinajstić information content (AvgIpc) is 2.69. The fraction of sp³-hybridized carbons (Fsp3) is 0.182. The molecule has 0 atom stereocenters. The molecule has 6 heteroatoms. The zero-order valence-electron chi connectivity index (χ0n) is 16.0. The zero-order chi connectivity index (χ0) is 20.1. The molecule has 0 fully saturated rings. The molecule has 3 rings (SSSR count). The van der Waals surface area contributed by atoms with E-state index in [0.29, 0.717) is 11.3 Å². The van der Waals surface area contributed by atoms with E-state index in [4.69, 9.17) is 5.26 Å². The van der Waals surface area contributed by atoms with Crippen molar-refractivity contribution in [3.05, 3.63) is 77.1 Å². The molecule has 1 amide bonds. The molecule has 0 saturated carbocycles. The van der Waals surface area contributed by atoms with Gasteiger partial charge in [-0.2, -0.15) is 5.26 Å². The van der Waals surface area contributed by atoms with E-state index in [9.17, 15) is 4.79 Å². The van der Waals surface area contributed by atoms with Gasteiger partial charge in [0.2, 0.25) is 5.95 Å². The van der Waals surface area contributed by atoms with Gasteiger partial charge in [-0.1, -0.05) is 38.1 Å². The minimum Gasteiger partial charge on any atom is -0.324 e. The summed E-state index contributed by atoms with van der Waals surface area (Å²) in [6.45, 7) is 6.15. The molecule has 0 aliphatic carbocycles. The van der Waals surface area contributed by atoms with E-state index < -0.39 is 0 Å². The maximum Gasteiger partial charge on any atom is 0.274 e. The Hall–Kier alpha value is -3.72. The van der Waals surface area contributed by atoms with Crippen molar-refractivity contribution < 1.29 is 4.79 Å². The Bertz CT molecular complexity index is 1050. The van der Waals surface area contributed by atoms with Crippen LogP contribution < -0.4 is 10.6 Å². The Kier molecular flexibility index (Phi) is 5.66. The lowest BCUT2D eigenvalue weighted by atomic mass is 9.98. The summed E-state index contributed by atoms with van der Waals surface area (Å²) < 4.78 is 0. The van der Waals surface area contributed by atoms with Gasteiger partial charge >= 0.3 is 0 Å². The first-order valence-corrected chi connectivity index (χ1v) is 8.99. The van der Waals surface area contributed by atoms with Gasteiger partial charge in [-0.15, -0.1) is 0 Å². The molecule has 0 radical (unpaired) electrons. The van der Waals surface area contributed by atoms with E-state index in [1.165, 1.54) is 6.20 Å². The highest BCUT2D eigenvalue weighted by Gasteiger charge is 2.15. The van der Waals surface area contributed by atoms with E-state index in [2.05, 4.69) is 40.5 Å². The van der Waals surface area contributed by atoms with Crippen LogP contribution in [0.3, 0.4) is 0 Å². The van der Waals surface area contributed by atoms with Crippen molar-refractivity contribution in [2.24, 2.45) is 0 Å². The summed E-state index contributed by atoms with van der Waals surface area (Å²) in [5, 5.41) is 15.0. The highest BCUT2D eigenvalue weighted by atomic mass is 16.1. The van der Waals surface area contributed by atoms with E-state index in [1.807, 2.05) is 25.1 Å². The summed E-state index contributed by atoms with van der Waals surface area (Å²) in [5.41, 5.74) is 4.36. The molecule has 2 N–H and O–H groups in total. The van der Waals surface area contributed by atoms with Crippen LogP contribution in [0, 0.1) is 18.3 Å². The Morgan fingerprint density at radius 1 is 1.14 bits per heavy atom. The van der Waals surface area contributed by atoms with Gasteiger partial charge in [0.15, 0.2) is 0 Å². The van der Waals surface area contributed by atoms with Crippen LogP contribution in [0.2, 0.25) is 0 Å². The van der Waals surface area contributed by atoms with Crippen molar-refractivity contribution in [2.75, 3.05) is 10.6 Å². The number of anilines is 3. The minimum atomic E-state index is -0.299. The molecule has 1 aromatic heterocycles. The van der Waals surface area contributed by atoms with Crippen LogP contribution in [0.15, 0.2) is 54.7 Å². The highest BCUT2D eigenvalue weighted by molar-refractivity contribution is 6.04. The van der Waals surface area contributed by atoms with Gasteiger partial charge in [-0.25, -0.2) is 9.97 Å². The smallest absolute Gasteiger partial charge is 0.274 e. The SMILES string of the molecule is Cc1cccc(C(C)C)c1NC(=O)c1ccnc(Nc2cccc(C#N)c2)n1. The molecule has 0 saturated heterocycles. The van der Waals surface area contributed by atoms with Crippen molar-refractivity contribution >= 4 is 23.2 Å². The third kappa shape index (κ3) is 4.33. The minimum absolute atomic E-state index is 0.256. The topological polar surface area (TPSA) is 90.7 Å². The maximum absolute atomic E-state index is 12.8. The second-order valence-corrected chi connectivity index (χ2v) is 6.73. The lowest BCUT2D eigenvalue weighted by Crippen LogP contribution is -2.17. The Morgan fingerprint density at radius 2 is 1.93 bits per heavy atom. The van der Waals surface area contributed by atoms with E-state index in [-0.39, 0.29) is 23.5 Å². The number of amides is 1. The molecular formula is C22H21N5O. The van der Waals surface area contributed by atoms with Crippen LogP contribution in [-0.2, 0) is 0 Å². The molecule has 2 aromatic carbocycles. The largest absolute Gasteiger partial charge is 0.324 e. The standard InChI is InChI=1S/C22H21N5O/c1-14(2)18-9-4-6-15(3)20(18)27-21(28)19-10-11-24-22(26-19)25-17-8-5-7-16(12-17)13-23/h4-12,14H,1-3H3,(H,27,28)(H,24,25,26). The van der Waals surface area contributed by atoms with Crippen LogP contribution in [0.5, 0.6) is 0 Å².